The number of halogens is 2. The molecule has 142 valence electrons. The zero-order chi connectivity index (χ0) is 18.2. The third-order valence-corrected chi connectivity index (χ3v) is 6.21. The maximum absolute atomic E-state index is 14.2. The van der Waals surface area contributed by atoms with E-state index >= 15 is 0 Å². The number of aryl methyl sites for hydroxylation is 1. The number of nitrogens with one attached hydrogen (secondary N) is 1. The van der Waals surface area contributed by atoms with Crippen molar-refractivity contribution >= 4 is 28.1 Å². The van der Waals surface area contributed by atoms with Gasteiger partial charge >= 0.3 is 0 Å². The van der Waals surface area contributed by atoms with Crippen molar-refractivity contribution in [1.82, 2.24) is 4.72 Å². The van der Waals surface area contributed by atoms with Gasteiger partial charge in [-0.1, -0.05) is 6.07 Å². The molecule has 0 amide bonds. The van der Waals surface area contributed by atoms with Gasteiger partial charge < -0.3 is 10.5 Å². The summed E-state index contributed by atoms with van der Waals surface area (Å²) in [5.41, 5.74) is 8.50. The summed E-state index contributed by atoms with van der Waals surface area (Å²) in [6, 6.07) is 7.86. The maximum atomic E-state index is 14.2. The van der Waals surface area contributed by atoms with E-state index in [2.05, 4.69) is 4.72 Å². The van der Waals surface area contributed by atoms with Crippen LogP contribution < -0.4 is 15.2 Å². The highest BCUT2D eigenvalue weighted by atomic mass is 35.5. The summed E-state index contributed by atoms with van der Waals surface area (Å²) in [5.74, 6) is -0.642. The van der Waals surface area contributed by atoms with E-state index in [0.717, 1.165) is 24.0 Å². The van der Waals surface area contributed by atoms with Gasteiger partial charge in [0.2, 0.25) is 10.0 Å². The lowest BCUT2D eigenvalue weighted by molar-refractivity contribution is 0.384. The Morgan fingerprint density at radius 3 is 2.69 bits per heavy atom. The monoisotopic (exact) mass is 400 g/mol. The van der Waals surface area contributed by atoms with E-state index in [1.54, 1.807) is 6.07 Å². The summed E-state index contributed by atoms with van der Waals surface area (Å²) >= 11 is 0. The minimum absolute atomic E-state index is 0. The number of rotatable bonds is 4. The lowest BCUT2D eigenvalue weighted by Gasteiger charge is -2.27. The molecule has 2 aromatic rings. The highest BCUT2D eigenvalue weighted by molar-refractivity contribution is 7.89. The average molecular weight is 401 g/mol. The van der Waals surface area contributed by atoms with E-state index < -0.39 is 15.8 Å². The van der Waals surface area contributed by atoms with Crippen LogP contribution >= 0.6 is 12.4 Å². The highest BCUT2D eigenvalue weighted by Gasteiger charge is 2.28. The van der Waals surface area contributed by atoms with E-state index in [1.165, 1.54) is 26.2 Å². The Morgan fingerprint density at radius 2 is 2.00 bits per heavy atom. The first-order chi connectivity index (χ1) is 11.8. The third kappa shape index (κ3) is 3.79. The molecule has 1 unspecified atom stereocenters. The number of nitrogen functional groups attached to an aromatic ring is 1. The maximum Gasteiger partial charge on any atom is 0.241 e. The largest absolute Gasteiger partial charge is 0.494 e. The number of hydrogen-bond acceptors (Lipinski definition) is 4. The molecule has 0 saturated heterocycles. The van der Waals surface area contributed by atoms with Crippen molar-refractivity contribution < 1.29 is 17.5 Å². The fourth-order valence-electron chi connectivity index (χ4n) is 3.30. The smallest absolute Gasteiger partial charge is 0.241 e. The third-order valence-electron chi connectivity index (χ3n) is 4.59. The first kappa shape index (κ1) is 20.5. The molecule has 8 heteroatoms. The normalized spacial score (nSPS) is 16.5. The van der Waals surface area contributed by atoms with Crippen LogP contribution in [0.3, 0.4) is 0 Å². The predicted octanol–water partition coefficient (Wildman–Crippen LogP) is 3.50. The average Bonchev–Trinajstić information content (AvgIpc) is 2.56. The van der Waals surface area contributed by atoms with Crippen LogP contribution in [0.1, 0.15) is 35.6 Å². The SMILES string of the molecule is COc1ccc(S(=O)(=O)NC2CCCc3cc(N)ccc32)c(C)c1F.Cl. The second-order valence-corrected chi connectivity index (χ2v) is 7.91. The van der Waals surface area contributed by atoms with Crippen LogP contribution in [0.15, 0.2) is 35.2 Å². The predicted molar refractivity (Wildman–Crippen MR) is 102 cm³/mol. The Labute approximate surface area is 159 Å². The van der Waals surface area contributed by atoms with Crippen molar-refractivity contribution in [1.29, 1.82) is 0 Å². The van der Waals surface area contributed by atoms with E-state index in [-0.39, 0.29) is 34.7 Å². The molecule has 0 saturated carbocycles. The van der Waals surface area contributed by atoms with Crippen molar-refractivity contribution in [3.05, 3.63) is 52.8 Å². The Morgan fingerprint density at radius 1 is 1.27 bits per heavy atom. The Balaban J connectivity index is 0.00000243. The summed E-state index contributed by atoms with van der Waals surface area (Å²) < 4.78 is 47.5. The van der Waals surface area contributed by atoms with Crippen molar-refractivity contribution in [3.63, 3.8) is 0 Å². The van der Waals surface area contributed by atoms with Crippen molar-refractivity contribution in [3.8, 4) is 5.75 Å². The summed E-state index contributed by atoms with van der Waals surface area (Å²) in [6.07, 6.45) is 2.42. The molecule has 0 aromatic heterocycles. The van der Waals surface area contributed by atoms with E-state index in [4.69, 9.17) is 10.5 Å². The van der Waals surface area contributed by atoms with Gasteiger partial charge in [0, 0.05) is 17.3 Å². The van der Waals surface area contributed by atoms with Crippen LogP contribution in [0.25, 0.3) is 0 Å². The summed E-state index contributed by atoms with van der Waals surface area (Å²) in [5, 5.41) is 0. The summed E-state index contributed by atoms with van der Waals surface area (Å²) in [7, 11) is -2.53. The second kappa shape index (κ2) is 7.82. The molecular weight excluding hydrogens is 379 g/mol. The molecule has 2 aromatic carbocycles. The molecule has 26 heavy (non-hydrogen) atoms. The van der Waals surface area contributed by atoms with Gasteiger partial charge in [0.1, 0.15) is 0 Å². The van der Waals surface area contributed by atoms with Gasteiger partial charge in [-0.25, -0.2) is 17.5 Å². The van der Waals surface area contributed by atoms with E-state index in [1.807, 2.05) is 12.1 Å². The Bertz CT molecular complexity index is 919. The molecule has 1 aliphatic rings. The molecule has 0 fully saturated rings. The minimum atomic E-state index is -3.87. The van der Waals surface area contributed by atoms with Gasteiger partial charge in [-0.15, -0.1) is 12.4 Å². The van der Waals surface area contributed by atoms with Gasteiger partial charge in [-0.05, 0) is 61.6 Å². The summed E-state index contributed by atoms with van der Waals surface area (Å²) in [4.78, 5) is -0.0756. The lowest BCUT2D eigenvalue weighted by atomic mass is 9.88. The first-order valence-electron chi connectivity index (χ1n) is 8.07. The number of nitrogens with two attached hydrogens (primary N) is 1. The topological polar surface area (TPSA) is 81.4 Å². The molecule has 0 bridgehead atoms. The molecule has 0 radical (unpaired) electrons. The molecule has 1 aliphatic carbocycles. The molecule has 0 spiro atoms. The molecule has 3 N–H and O–H groups in total. The lowest BCUT2D eigenvalue weighted by Crippen LogP contribution is -2.31. The number of methoxy groups -OCH3 is 1. The fourth-order valence-corrected chi connectivity index (χ4v) is 4.78. The molecule has 3 rings (SSSR count). The Kier molecular flexibility index (Phi) is 6.16. The molecule has 5 nitrogen and oxygen atoms in total. The quantitative estimate of drug-likeness (QED) is 0.769. The molecule has 0 heterocycles. The highest BCUT2D eigenvalue weighted by Crippen LogP contribution is 2.33. The van der Waals surface area contributed by atoms with Crippen molar-refractivity contribution in [2.24, 2.45) is 0 Å². The van der Waals surface area contributed by atoms with Crippen molar-refractivity contribution in [2.75, 3.05) is 12.8 Å². The van der Waals surface area contributed by atoms with Crippen LogP contribution in [0.4, 0.5) is 10.1 Å². The number of anilines is 1. The number of fused-ring (bicyclic) bond motifs is 1. The van der Waals surface area contributed by atoms with Crippen LogP contribution in [0, 0.1) is 12.7 Å². The minimum Gasteiger partial charge on any atom is -0.494 e. The van der Waals surface area contributed by atoms with E-state index in [0.29, 0.717) is 12.1 Å². The number of benzene rings is 2. The van der Waals surface area contributed by atoms with Gasteiger partial charge in [0.15, 0.2) is 11.6 Å². The number of sulfonamides is 1. The number of ether oxygens (including phenoxy) is 1. The van der Waals surface area contributed by atoms with Crippen LogP contribution in [0.2, 0.25) is 0 Å². The fraction of sp³-hybridized carbons (Fsp3) is 0.333. The second-order valence-electron chi connectivity index (χ2n) is 6.23. The molecular formula is C18H22ClFN2O3S. The zero-order valence-electron chi connectivity index (χ0n) is 14.6. The van der Waals surface area contributed by atoms with Crippen LogP contribution in [-0.4, -0.2) is 15.5 Å². The van der Waals surface area contributed by atoms with Crippen LogP contribution in [0.5, 0.6) is 5.75 Å². The zero-order valence-corrected chi connectivity index (χ0v) is 16.2. The van der Waals surface area contributed by atoms with Crippen molar-refractivity contribution in [2.45, 2.75) is 37.1 Å². The van der Waals surface area contributed by atoms with Gasteiger partial charge in [0.25, 0.3) is 0 Å². The Hall–Kier alpha value is -1.83. The van der Waals surface area contributed by atoms with Gasteiger partial charge in [-0.2, -0.15) is 0 Å². The molecule has 0 aliphatic heterocycles. The first-order valence-corrected chi connectivity index (χ1v) is 9.55. The van der Waals surface area contributed by atoms with Gasteiger partial charge in [0.05, 0.1) is 12.0 Å². The standard InChI is InChI=1S/C18H21FN2O3S.ClH/c1-11-17(9-8-16(24-2)18(11)19)25(22,23)21-15-5-3-4-12-10-13(20)6-7-14(12)15;/h6-10,15,21H,3-5,20H2,1-2H3;1H. The van der Waals surface area contributed by atoms with Crippen LogP contribution in [-0.2, 0) is 16.4 Å². The summed E-state index contributed by atoms with van der Waals surface area (Å²) in [6.45, 7) is 1.43. The van der Waals surface area contributed by atoms with E-state index in [9.17, 15) is 12.8 Å². The van der Waals surface area contributed by atoms with Gasteiger partial charge in [-0.3, -0.25) is 0 Å². The number of hydrogen-bond donors (Lipinski definition) is 2. The molecule has 1 atom stereocenters.